The third-order valence-corrected chi connectivity index (χ3v) is 1.92. The second-order valence-corrected chi connectivity index (χ2v) is 3.40. The molecule has 0 fully saturated rings. The molecule has 0 aliphatic rings. The molecule has 0 radical (unpaired) electrons. The Kier molecular flexibility index (Phi) is 3.97. The molecule has 7 heteroatoms. The number of nitro groups is 1. The minimum Gasteiger partial charge on any atom is -0.487 e. The maximum atomic E-state index is 13.3. The lowest BCUT2D eigenvalue weighted by Crippen LogP contribution is -2.17. The lowest BCUT2D eigenvalue weighted by molar-refractivity contribution is -0.385. The minimum absolute atomic E-state index is 0.204. The van der Waals surface area contributed by atoms with E-state index in [2.05, 4.69) is 0 Å². The van der Waals surface area contributed by atoms with Crippen LogP contribution in [0.15, 0.2) is 18.2 Å². The smallest absolute Gasteiger partial charge is 0.307 e. The van der Waals surface area contributed by atoms with Crippen molar-refractivity contribution >= 4 is 11.7 Å². The molecule has 1 aromatic carbocycles. The van der Waals surface area contributed by atoms with Gasteiger partial charge in [0.25, 0.3) is 5.69 Å². The van der Waals surface area contributed by atoms with Crippen LogP contribution >= 0.6 is 0 Å². The van der Waals surface area contributed by atoms with Gasteiger partial charge in [-0.1, -0.05) is 0 Å². The highest BCUT2D eigenvalue weighted by Crippen LogP contribution is 2.23. The molecule has 0 aliphatic heterocycles. The van der Waals surface area contributed by atoms with E-state index in [1.54, 1.807) is 0 Å². The van der Waals surface area contributed by atoms with E-state index < -0.39 is 22.8 Å². The Morgan fingerprint density at radius 1 is 1.65 bits per heavy atom. The average molecular weight is 243 g/mol. The number of halogens is 1. The third kappa shape index (κ3) is 3.71. The first-order valence-electron chi connectivity index (χ1n) is 4.72. The molecule has 0 saturated carbocycles. The van der Waals surface area contributed by atoms with Crippen LogP contribution in [-0.2, 0) is 4.79 Å². The fourth-order valence-electron chi connectivity index (χ4n) is 1.20. The average Bonchev–Trinajstić information content (AvgIpc) is 2.19. The van der Waals surface area contributed by atoms with Crippen LogP contribution in [-0.4, -0.2) is 22.1 Å². The Hall–Kier alpha value is -2.18. The van der Waals surface area contributed by atoms with Gasteiger partial charge >= 0.3 is 5.97 Å². The van der Waals surface area contributed by atoms with Gasteiger partial charge in [0.05, 0.1) is 17.4 Å². The Morgan fingerprint density at radius 3 is 2.76 bits per heavy atom. The molecule has 0 aromatic heterocycles. The zero-order chi connectivity index (χ0) is 13.0. The highest BCUT2D eigenvalue weighted by Gasteiger charge is 2.15. The third-order valence-electron chi connectivity index (χ3n) is 1.92. The fourth-order valence-corrected chi connectivity index (χ4v) is 1.20. The number of carbonyl (C=O) groups is 1. The van der Waals surface area contributed by atoms with E-state index in [-0.39, 0.29) is 17.9 Å². The number of carboxylic acids is 1. The van der Waals surface area contributed by atoms with Crippen molar-refractivity contribution in [3.63, 3.8) is 0 Å². The molecule has 1 unspecified atom stereocenters. The van der Waals surface area contributed by atoms with E-state index in [1.165, 1.54) is 6.92 Å². The number of carboxylic acid groups (broad SMARTS) is 1. The lowest BCUT2D eigenvalue weighted by Gasteiger charge is -2.12. The summed E-state index contributed by atoms with van der Waals surface area (Å²) in [5.41, 5.74) is -0.388. The van der Waals surface area contributed by atoms with Gasteiger partial charge in [-0.05, 0) is 13.0 Å². The number of nitro benzene ring substituents is 1. The van der Waals surface area contributed by atoms with Crippen LogP contribution in [0.1, 0.15) is 13.3 Å². The highest BCUT2D eigenvalue weighted by molar-refractivity contribution is 5.67. The quantitative estimate of drug-likeness (QED) is 0.630. The molecule has 6 nitrogen and oxygen atoms in total. The summed E-state index contributed by atoms with van der Waals surface area (Å²) >= 11 is 0. The summed E-state index contributed by atoms with van der Waals surface area (Å²) < 4.78 is 18.3. The van der Waals surface area contributed by atoms with Gasteiger partial charge in [-0.3, -0.25) is 14.9 Å². The number of benzene rings is 1. The van der Waals surface area contributed by atoms with Crippen LogP contribution in [0, 0.1) is 15.9 Å². The second-order valence-electron chi connectivity index (χ2n) is 3.40. The van der Waals surface area contributed by atoms with E-state index >= 15 is 0 Å². The van der Waals surface area contributed by atoms with Crippen LogP contribution in [0.2, 0.25) is 0 Å². The molecule has 0 amide bonds. The summed E-state index contributed by atoms with van der Waals surface area (Å²) in [6.45, 7) is 1.47. The predicted octanol–water partition coefficient (Wildman–Crippen LogP) is 1.98. The first-order chi connectivity index (χ1) is 7.90. The molecular formula is C10H10FNO5. The molecule has 0 spiro atoms. The lowest BCUT2D eigenvalue weighted by atomic mass is 10.2. The molecule has 1 aromatic rings. The molecule has 0 bridgehead atoms. The van der Waals surface area contributed by atoms with Crippen LogP contribution in [0.25, 0.3) is 0 Å². The Bertz CT molecular complexity index is 448. The van der Waals surface area contributed by atoms with Crippen molar-refractivity contribution in [1.82, 2.24) is 0 Å². The van der Waals surface area contributed by atoms with E-state index in [9.17, 15) is 19.3 Å². The van der Waals surface area contributed by atoms with Gasteiger partial charge in [0.2, 0.25) is 0 Å². The number of aliphatic carboxylic acids is 1. The SMILES string of the molecule is CC(CC(=O)O)Oc1ccc([N+](=O)[O-])cc1F. The van der Waals surface area contributed by atoms with Gasteiger partial charge in [-0.25, -0.2) is 4.39 Å². The Labute approximate surface area is 95.8 Å². The normalized spacial score (nSPS) is 11.9. The summed E-state index contributed by atoms with van der Waals surface area (Å²) in [7, 11) is 0. The number of non-ortho nitro benzene ring substituents is 1. The number of ether oxygens (including phenoxy) is 1. The zero-order valence-electron chi connectivity index (χ0n) is 8.92. The standard InChI is InChI=1S/C10H10FNO5/c1-6(4-10(13)14)17-9-3-2-7(12(15)16)5-8(9)11/h2-3,5-6H,4H2,1H3,(H,13,14). The molecule has 17 heavy (non-hydrogen) atoms. The number of nitrogens with zero attached hydrogens (tertiary/aromatic N) is 1. The predicted molar refractivity (Wildman–Crippen MR) is 55.4 cm³/mol. The number of hydrogen-bond acceptors (Lipinski definition) is 4. The van der Waals surface area contributed by atoms with Crippen LogP contribution in [0.3, 0.4) is 0 Å². The summed E-state index contributed by atoms with van der Waals surface area (Å²) in [6.07, 6.45) is -1.00. The first-order valence-corrected chi connectivity index (χ1v) is 4.72. The Morgan fingerprint density at radius 2 is 2.29 bits per heavy atom. The van der Waals surface area contributed by atoms with Gasteiger partial charge in [-0.15, -0.1) is 0 Å². The van der Waals surface area contributed by atoms with E-state index in [1.807, 2.05) is 0 Å². The topological polar surface area (TPSA) is 89.7 Å². The number of hydrogen-bond donors (Lipinski definition) is 1. The van der Waals surface area contributed by atoms with Gasteiger partial charge in [0.15, 0.2) is 11.6 Å². The van der Waals surface area contributed by atoms with Crippen molar-refractivity contribution in [2.75, 3.05) is 0 Å². The molecule has 0 aliphatic carbocycles. The van der Waals surface area contributed by atoms with Gasteiger partial charge in [-0.2, -0.15) is 0 Å². The summed E-state index contributed by atoms with van der Waals surface area (Å²) in [5.74, 6) is -2.17. The van der Waals surface area contributed by atoms with Crippen LogP contribution in [0.5, 0.6) is 5.75 Å². The number of rotatable bonds is 5. The van der Waals surface area contributed by atoms with Crippen LogP contribution < -0.4 is 4.74 Å². The van der Waals surface area contributed by atoms with E-state index in [0.29, 0.717) is 0 Å². The van der Waals surface area contributed by atoms with E-state index in [4.69, 9.17) is 9.84 Å². The van der Waals surface area contributed by atoms with Crippen molar-refractivity contribution in [2.45, 2.75) is 19.4 Å². The van der Waals surface area contributed by atoms with Crippen LogP contribution in [0.4, 0.5) is 10.1 Å². The van der Waals surface area contributed by atoms with Crippen molar-refractivity contribution in [3.8, 4) is 5.75 Å². The van der Waals surface area contributed by atoms with Gasteiger partial charge < -0.3 is 9.84 Å². The molecule has 1 N–H and O–H groups in total. The van der Waals surface area contributed by atoms with Crippen molar-refractivity contribution in [1.29, 1.82) is 0 Å². The van der Waals surface area contributed by atoms with Crippen molar-refractivity contribution in [3.05, 3.63) is 34.1 Å². The summed E-state index contributed by atoms with van der Waals surface area (Å²) in [4.78, 5) is 20.0. The summed E-state index contributed by atoms with van der Waals surface area (Å²) in [6, 6.07) is 2.92. The molecule has 0 heterocycles. The summed E-state index contributed by atoms with van der Waals surface area (Å²) in [5, 5.41) is 18.8. The maximum Gasteiger partial charge on any atom is 0.307 e. The molecule has 1 atom stereocenters. The van der Waals surface area contributed by atoms with E-state index in [0.717, 1.165) is 18.2 Å². The van der Waals surface area contributed by atoms with Gasteiger partial charge in [0.1, 0.15) is 6.10 Å². The molecule has 1 rings (SSSR count). The van der Waals surface area contributed by atoms with Gasteiger partial charge in [0, 0.05) is 6.07 Å². The molecule has 0 saturated heterocycles. The van der Waals surface area contributed by atoms with Crippen molar-refractivity contribution in [2.24, 2.45) is 0 Å². The van der Waals surface area contributed by atoms with Crippen molar-refractivity contribution < 1.29 is 24.0 Å². The maximum absolute atomic E-state index is 13.3. The molecular weight excluding hydrogens is 233 g/mol. The monoisotopic (exact) mass is 243 g/mol. The molecule has 92 valence electrons. The highest BCUT2D eigenvalue weighted by atomic mass is 19.1. The zero-order valence-corrected chi connectivity index (χ0v) is 8.92. The minimum atomic E-state index is -1.07. The Balaban J connectivity index is 2.79. The second kappa shape index (κ2) is 5.24. The first kappa shape index (κ1) is 12.9. The fraction of sp³-hybridized carbons (Fsp3) is 0.300. The largest absolute Gasteiger partial charge is 0.487 e.